The predicted molar refractivity (Wildman–Crippen MR) is 83.3 cm³/mol. The summed E-state index contributed by atoms with van der Waals surface area (Å²) < 4.78 is 0. The minimum atomic E-state index is 0.592. The van der Waals surface area contributed by atoms with E-state index >= 15 is 0 Å². The fraction of sp³-hybridized carbons (Fsp3) is 0.750. The molecule has 0 aliphatic heterocycles. The third-order valence-electron chi connectivity index (χ3n) is 4.70. The first-order chi connectivity index (χ1) is 9.67. The van der Waals surface area contributed by atoms with Gasteiger partial charge in [-0.3, -0.25) is 0 Å². The largest absolute Gasteiger partial charge is 0.373 e. The number of nitrogens with one attached hydrogen (secondary N) is 2. The molecule has 1 aromatic heterocycles. The molecule has 4 heteroatoms. The molecule has 0 bridgehead atoms. The zero-order valence-corrected chi connectivity index (χ0v) is 12.9. The summed E-state index contributed by atoms with van der Waals surface area (Å²) in [6, 6.07) is 0. The highest BCUT2D eigenvalue weighted by Gasteiger charge is 2.28. The molecular formula is C16H26N4. The predicted octanol–water partition coefficient (Wildman–Crippen LogP) is 3.55. The third kappa shape index (κ3) is 2.89. The Morgan fingerprint density at radius 1 is 1.10 bits per heavy atom. The minimum absolute atomic E-state index is 0.592. The molecule has 2 aliphatic rings. The summed E-state index contributed by atoms with van der Waals surface area (Å²) in [5, 5.41) is 6.78. The van der Waals surface area contributed by atoms with Crippen molar-refractivity contribution in [3.63, 3.8) is 0 Å². The Kier molecular flexibility index (Phi) is 3.81. The number of nitrogens with zero attached hydrogens (tertiary/aromatic N) is 2. The zero-order valence-electron chi connectivity index (χ0n) is 12.9. The molecule has 0 aromatic carbocycles. The molecule has 0 amide bonds. The molecule has 2 fully saturated rings. The Morgan fingerprint density at radius 2 is 1.85 bits per heavy atom. The molecule has 2 saturated carbocycles. The van der Waals surface area contributed by atoms with Gasteiger partial charge in [0.05, 0.1) is 0 Å². The highest BCUT2D eigenvalue weighted by atomic mass is 15.1. The minimum Gasteiger partial charge on any atom is -0.373 e. The molecule has 2 aliphatic carbocycles. The van der Waals surface area contributed by atoms with Gasteiger partial charge in [0.15, 0.2) is 0 Å². The lowest BCUT2D eigenvalue weighted by molar-refractivity contribution is 0.536. The van der Waals surface area contributed by atoms with Crippen LogP contribution in [0.25, 0.3) is 0 Å². The molecule has 20 heavy (non-hydrogen) atoms. The van der Waals surface area contributed by atoms with Crippen LogP contribution in [0.15, 0.2) is 0 Å². The number of anilines is 2. The monoisotopic (exact) mass is 274 g/mol. The van der Waals surface area contributed by atoms with Gasteiger partial charge in [-0.1, -0.05) is 13.3 Å². The van der Waals surface area contributed by atoms with Gasteiger partial charge in [0, 0.05) is 25.1 Å². The van der Waals surface area contributed by atoms with Crippen LogP contribution in [0.3, 0.4) is 0 Å². The Bertz CT molecular complexity index is 482. The van der Waals surface area contributed by atoms with Crippen molar-refractivity contribution in [2.24, 2.45) is 11.8 Å². The molecule has 1 heterocycles. The maximum atomic E-state index is 4.76. The second kappa shape index (κ2) is 5.58. The van der Waals surface area contributed by atoms with Crippen LogP contribution in [0.4, 0.5) is 11.6 Å². The molecule has 3 rings (SSSR count). The van der Waals surface area contributed by atoms with Gasteiger partial charge in [0.25, 0.3) is 0 Å². The van der Waals surface area contributed by atoms with E-state index in [2.05, 4.69) is 29.5 Å². The molecule has 2 N–H and O–H groups in total. The van der Waals surface area contributed by atoms with Crippen LogP contribution >= 0.6 is 0 Å². The van der Waals surface area contributed by atoms with Crippen molar-refractivity contribution in [2.75, 3.05) is 24.2 Å². The third-order valence-corrected chi connectivity index (χ3v) is 4.70. The molecule has 0 radical (unpaired) electrons. The molecule has 110 valence electrons. The Morgan fingerprint density at radius 3 is 2.45 bits per heavy atom. The smallest absolute Gasteiger partial charge is 0.136 e. The van der Waals surface area contributed by atoms with Crippen molar-refractivity contribution >= 4 is 11.6 Å². The number of aromatic nitrogens is 2. The standard InChI is InChI=1S/C16H26N4/c1-10-4-5-12(8-10)9-18-15-11(2)14(17-3)19-16(20-15)13-6-7-13/h10,12-13H,4-9H2,1-3H3,(H2,17,18,19,20). The van der Waals surface area contributed by atoms with Gasteiger partial charge in [-0.15, -0.1) is 0 Å². The summed E-state index contributed by atoms with van der Waals surface area (Å²) in [7, 11) is 1.94. The fourth-order valence-electron chi connectivity index (χ4n) is 3.22. The number of hydrogen-bond donors (Lipinski definition) is 2. The second-order valence-electron chi connectivity index (χ2n) is 6.59. The summed E-state index contributed by atoms with van der Waals surface area (Å²) >= 11 is 0. The van der Waals surface area contributed by atoms with E-state index in [0.717, 1.165) is 41.4 Å². The maximum absolute atomic E-state index is 4.76. The van der Waals surface area contributed by atoms with Gasteiger partial charge < -0.3 is 10.6 Å². The molecule has 1 aromatic rings. The van der Waals surface area contributed by atoms with Gasteiger partial charge in [0.2, 0.25) is 0 Å². The van der Waals surface area contributed by atoms with E-state index in [1.165, 1.54) is 32.1 Å². The van der Waals surface area contributed by atoms with E-state index in [9.17, 15) is 0 Å². The highest BCUT2D eigenvalue weighted by Crippen LogP contribution is 2.39. The molecule has 4 nitrogen and oxygen atoms in total. The number of rotatable bonds is 5. The molecule has 2 unspecified atom stereocenters. The van der Waals surface area contributed by atoms with E-state index in [-0.39, 0.29) is 0 Å². The highest BCUT2D eigenvalue weighted by molar-refractivity contribution is 5.57. The summed E-state index contributed by atoms with van der Waals surface area (Å²) in [6.45, 7) is 5.51. The van der Waals surface area contributed by atoms with Crippen LogP contribution in [-0.2, 0) is 0 Å². The van der Waals surface area contributed by atoms with Gasteiger partial charge in [-0.2, -0.15) is 0 Å². The van der Waals surface area contributed by atoms with Gasteiger partial charge in [-0.05, 0) is 44.4 Å². The zero-order chi connectivity index (χ0) is 14.1. The van der Waals surface area contributed by atoms with Crippen molar-refractivity contribution in [2.45, 2.75) is 51.9 Å². The Balaban J connectivity index is 1.72. The summed E-state index contributed by atoms with van der Waals surface area (Å²) in [5.41, 5.74) is 1.14. The fourth-order valence-corrected chi connectivity index (χ4v) is 3.22. The maximum Gasteiger partial charge on any atom is 0.136 e. The lowest BCUT2D eigenvalue weighted by Gasteiger charge is -2.16. The Hall–Kier alpha value is -1.32. The van der Waals surface area contributed by atoms with Crippen molar-refractivity contribution in [3.8, 4) is 0 Å². The SMILES string of the molecule is CNc1nc(C2CC2)nc(NCC2CCC(C)C2)c1C. The molecule has 2 atom stereocenters. The summed E-state index contributed by atoms with van der Waals surface area (Å²) in [5.74, 6) is 5.32. The van der Waals surface area contributed by atoms with Crippen LogP contribution in [0.2, 0.25) is 0 Å². The van der Waals surface area contributed by atoms with Crippen molar-refractivity contribution < 1.29 is 0 Å². The molecule has 0 saturated heterocycles. The Labute approximate surface area is 121 Å². The average molecular weight is 274 g/mol. The normalized spacial score (nSPS) is 25.8. The molecular weight excluding hydrogens is 248 g/mol. The van der Waals surface area contributed by atoms with Crippen molar-refractivity contribution in [3.05, 3.63) is 11.4 Å². The van der Waals surface area contributed by atoms with E-state index in [4.69, 9.17) is 4.98 Å². The van der Waals surface area contributed by atoms with Crippen LogP contribution in [0.5, 0.6) is 0 Å². The number of hydrogen-bond acceptors (Lipinski definition) is 4. The van der Waals surface area contributed by atoms with Crippen molar-refractivity contribution in [1.29, 1.82) is 0 Å². The first kappa shape index (κ1) is 13.7. The summed E-state index contributed by atoms with van der Waals surface area (Å²) in [6.07, 6.45) is 6.57. The summed E-state index contributed by atoms with van der Waals surface area (Å²) in [4.78, 5) is 9.40. The van der Waals surface area contributed by atoms with E-state index in [0.29, 0.717) is 5.92 Å². The first-order valence-electron chi connectivity index (χ1n) is 7.97. The quantitative estimate of drug-likeness (QED) is 0.862. The van der Waals surface area contributed by atoms with E-state index in [1.807, 2.05) is 7.05 Å². The van der Waals surface area contributed by atoms with E-state index in [1.54, 1.807) is 0 Å². The van der Waals surface area contributed by atoms with Crippen LogP contribution in [0, 0.1) is 18.8 Å². The molecule has 0 spiro atoms. The first-order valence-corrected chi connectivity index (χ1v) is 7.97. The lowest BCUT2D eigenvalue weighted by atomic mass is 10.1. The average Bonchev–Trinajstić information content (AvgIpc) is 3.21. The van der Waals surface area contributed by atoms with Crippen molar-refractivity contribution in [1.82, 2.24) is 9.97 Å². The van der Waals surface area contributed by atoms with E-state index < -0.39 is 0 Å². The van der Waals surface area contributed by atoms with Crippen LogP contribution in [-0.4, -0.2) is 23.6 Å². The van der Waals surface area contributed by atoms with Gasteiger partial charge in [0.1, 0.15) is 17.5 Å². The lowest BCUT2D eigenvalue weighted by Crippen LogP contribution is -2.15. The topological polar surface area (TPSA) is 49.8 Å². The van der Waals surface area contributed by atoms with Crippen LogP contribution < -0.4 is 10.6 Å². The van der Waals surface area contributed by atoms with Crippen LogP contribution in [0.1, 0.15) is 56.3 Å². The van der Waals surface area contributed by atoms with Gasteiger partial charge in [-0.25, -0.2) is 9.97 Å². The van der Waals surface area contributed by atoms with Gasteiger partial charge >= 0.3 is 0 Å². The second-order valence-corrected chi connectivity index (χ2v) is 6.59.